The van der Waals surface area contributed by atoms with Gasteiger partial charge in [0.2, 0.25) is 0 Å². The summed E-state index contributed by atoms with van der Waals surface area (Å²) in [6.07, 6.45) is 4.36. The second-order valence-electron chi connectivity index (χ2n) is 3.34. The minimum atomic E-state index is 0.587. The van der Waals surface area contributed by atoms with Gasteiger partial charge in [-0.3, -0.25) is 0 Å². The molecule has 0 radical (unpaired) electrons. The fourth-order valence-electron chi connectivity index (χ4n) is 1.14. The fraction of sp³-hybridized carbons (Fsp3) is 0.444. The van der Waals surface area contributed by atoms with Gasteiger partial charge >= 0.3 is 0 Å². The molecule has 12 heavy (non-hydrogen) atoms. The number of nitrogen functional groups attached to an aromatic ring is 1. The maximum atomic E-state index is 5.57. The number of hydrogen-bond acceptors (Lipinski definition) is 3. The van der Waals surface area contributed by atoms with Gasteiger partial charge in [-0.1, -0.05) is 0 Å². The van der Waals surface area contributed by atoms with E-state index in [1.54, 1.807) is 6.20 Å². The number of nitrogens with zero attached hydrogens (tertiary/aromatic N) is 1. The van der Waals surface area contributed by atoms with Crippen LogP contribution in [-0.4, -0.2) is 11.0 Å². The summed E-state index contributed by atoms with van der Waals surface area (Å²) in [6, 6.07) is 2.57. The standard InChI is InChI=1S/C9H13N3/c1-6-5-11-9(10)4-8(6)12-7-2-3-7/h4-5,7H,2-3H2,1H3,(H3,10,11,12). The summed E-state index contributed by atoms with van der Waals surface area (Å²) >= 11 is 0. The Labute approximate surface area is 72.0 Å². The maximum absolute atomic E-state index is 5.57. The van der Waals surface area contributed by atoms with Crippen LogP contribution in [0, 0.1) is 6.92 Å². The zero-order valence-corrected chi connectivity index (χ0v) is 7.17. The molecule has 0 unspecified atom stereocenters. The summed E-state index contributed by atoms with van der Waals surface area (Å²) in [6.45, 7) is 2.04. The van der Waals surface area contributed by atoms with Crippen LogP contribution in [0.5, 0.6) is 0 Å². The van der Waals surface area contributed by atoms with E-state index in [0.717, 1.165) is 11.3 Å². The van der Waals surface area contributed by atoms with Crippen LogP contribution < -0.4 is 11.1 Å². The lowest BCUT2D eigenvalue weighted by atomic mass is 10.2. The number of nitrogens with two attached hydrogens (primary N) is 1. The van der Waals surface area contributed by atoms with Crippen LogP contribution in [-0.2, 0) is 0 Å². The highest BCUT2D eigenvalue weighted by Gasteiger charge is 2.21. The van der Waals surface area contributed by atoms with Gasteiger partial charge in [-0.25, -0.2) is 4.98 Å². The minimum Gasteiger partial charge on any atom is -0.384 e. The van der Waals surface area contributed by atoms with Crippen molar-refractivity contribution in [1.29, 1.82) is 0 Å². The Hall–Kier alpha value is -1.25. The molecule has 1 aromatic heterocycles. The molecule has 0 spiro atoms. The Morgan fingerprint density at radius 2 is 2.33 bits per heavy atom. The van der Waals surface area contributed by atoms with Crippen LogP contribution in [0.3, 0.4) is 0 Å². The molecule has 1 aromatic rings. The van der Waals surface area contributed by atoms with Crippen molar-refractivity contribution < 1.29 is 0 Å². The van der Waals surface area contributed by atoms with E-state index in [1.165, 1.54) is 12.8 Å². The highest BCUT2D eigenvalue weighted by atomic mass is 15.0. The number of rotatable bonds is 2. The van der Waals surface area contributed by atoms with Crippen molar-refractivity contribution >= 4 is 11.5 Å². The molecule has 0 amide bonds. The van der Waals surface area contributed by atoms with E-state index in [0.29, 0.717) is 11.9 Å². The number of nitrogens with one attached hydrogen (secondary N) is 1. The Morgan fingerprint density at radius 3 is 3.00 bits per heavy atom. The minimum absolute atomic E-state index is 0.587. The monoisotopic (exact) mass is 163 g/mol. The summed E-state index contributed by atoms with van der Waals surface area (Å²) in [7, 11) is 0. The van der Waals surface area contributed by atoms with Crippen molar-refractivity contribution in [2.75, 3.05) is 11.1 Å². The van der Waals surface area contributed by atoms with Crippen LogP contribution in [0.4, 0.5) is 11.5 Å². The summed E-state index contributed by atoms with van der Waals surface area (Å²) in [5.41, 5.74) is 7.87. The lowest BCUT2D eigenvalue weighted by Crippen LogP contribution is -2.04. The molecule has 3 N–H and O–H groups in total. The van der Waals surface area contributed by atoms with E-state index in [4.69, 9.17) is 5.73 Å². The average molecular weight is 163 g/mol. The van der Waals surface area contributed by atoms with Crippen LogP contribution in [0.25, 0.3) is 0 Å². The van der Waals surface area contributed by atoms with E-state index < -0.39 is 0 Å². The first-order chi connectivity index (χ1) is 5.75. The highest BCUT2D eigenvalue weighted by molar-refractivity contribution is 5.56. The summed E-state index contributed by atoms with van der Waals surface area (Å²) in [5.74, 6) is 0.587. The van der Waals surface area contributed by atoms with Crippen molar-refractivity contribution in [2.24, 2.45) is 0 Å². The van der Waals surface area contributed by atoms with Gasteiger partial charge < -0.3 is 11.1 Å². The lowest BCUT2D eigenvalue weighted by Gasteiger charge is -2.07. The van der Waals surface area contributed by atoms with Gasteiger partial charge in [0.25, 0.3) is 0 Å². The van der Waals surface area contributed by atoms with Gasteiger partial charge in [0.1, 0.15) is 5.82 Å². The average Bonchev–Trinajstić information content (AvgIpc) is 2.81. The first-order valence-electron chi connectivity index (χ1n) is 4.24. The third-order valence-corrected chi connectivity index (χ3v) is 2.06. The van der Waals surface area contributed by atoms with Crippen molar-refractivity contribution in [3.8, 4) is 0 Å². The Bertz CT molecular complexity index is 292. The van der Waals surface area contributed by atoms with Crippen molar-refractivity contribution in [3.05, 3.63) is 17.8 Å². The molecule has 1 saturated carbocycles. The predicted molar refractivity (Wildman–Crippen MR) is 50.0 cm³/mol. The molecule has 3 nitrogen and oxygen atoms in total. The molecule has 1 heterocycles. The lowest BCUT2D eigenvalue weighted by molar-refractivity contribution is 1.13. The molecule has 3 heteroatoms. The molecule has 64 valence electrons. The molecule has 1 fully saturated rings. The van der Waals surface area contributed by atoms with E-state index in [1.807, 2.05) is 13.0 Å². The zero-order valence-electron chi connectivity index (χ0n) is 7.17. The maximum Gasteiger partial charge on any atom is 0.125 e. The van der Waals surface area contributed by atoms with Crippen LogP contribution in [0.2, 0.25) is 0 Å². The Kier molecular flexibility index (Phi) is 1.64. The first kappa shape index (κ1) is 7.40. The molecule has 1 aliphatic carbocycles. The number of anilines is 2. The zero-order chi connectivity index (χ0) is 8.55. The number of hydrogen-bond donors (Lipinski definition) is 2. The molecule has 0 atom stereocenters. The van der Waals surface area contributed by atoms with Gasteiger partial charge in [0, 0.05) is 24.0 Å². The number of aromatic nitrogens is 1. The Balaban J connectivity index is 2.21. The number of aryl methyl sites for hydroxylation is 1. The van der Waals surface area contributed by atoms with E-state index >= 15 is 0 Å². The molecular weight excluding hydrogens is 150 g/mol. The van der Waals surface area contributed by atoms with Gasteiger partial charge in [-0.2, -0.15) is 0 Å². The molecule has 0 bridgehead atoms. The SMILES string of the molecule is Cc1cnc(N)cc1NC1CC1. The second kappa shape index (κ2) is 2.66. The third-order valence-electron chi connectivity index (χ3n) is 2.06. The first-order valence-corrected chi connectivity index (χ1v) is 4.24. The topological polar surface area (TPSA) is 50.9 Å². The van der Waals surface area contributed by atoms with Gasteiger partial charge in [0.15, 0.2) is 0 Å². The molecule has 0 aromatic carbocycles. The Morgan fingerprint density at radius 1 is 1.58 bits per heavy atom. The van der Waals surface area contributed by atoms with Gasteiger partial charge in [-0.15, -0.1) is 0 Å². The van der Waals surface area contributed by atoms with Crippen molar-refractivity contribution in [2.45, 2.75) is 25.8 Å². The third kappa shape index (κ3) is 1.49. The molecular formula is C9H13N3. The van der Waals surface area contributed by atoms with Crippen LogP contribution in [0.1, 0.15) is 18.4 Å². The number of pyridine rings is 1. The summed E-state index contributed by atoms with van der Waals surface area (Å²) < 4.78 is 0. The highest BCUT2D eigenvalue weighted by Crippen LogP contribution is 2.26. The largest absolute Gasteiger partial charge is 0.384 e. The molecule has 1 aliphatic rings. The van der Waals surface area contributed by atoms with Crippen LogP contribution >= 0.6 is 0 Å². The van der Waals surface area contributed by atoms with Crippen molar-refractivity contribution in [3.63, 3.8) is 0 Å². The molecule has 0 aliphatic heterocycles. The van der Waals surface area contributed by atoms with Gasteiger partial charge in [0.05, 0.1) is 0 Å². The van der Waals surface area contributed by atoms with Crippen molar-refractivity contribution in [1.82, 2.24) is 4.98 Å². The summed E-state index contributed by atoms with van der Waals surface area (Å²) in [5, 5.41) is 3.40. The second-order valence-corrected chi connectivity index (χ2v) is 3.34. The smallest absolute Gasteiger partial charge is 0.125 e. The van der Waals surface area contributed by atoms with E-state index in [9.17, 15) is 0 Å². The van der Waals surface area contributed by atoms with E-state index in [2.05, 4.69) is 10.3 Å². The normalized spacial score (nSPS) is 16.1. The van der Waals surface area contributed by atoms with Gasteiger partial charge in [-0.05, 0) is 25.3 Å². The fourth-order valence-corrected chi connectivity index (χ4v) is 1.14. The predicted octanol–water partition coefficient (Wildman–Crippen LogP) is 1.55. The van der Waals surface area contributed by atoms with Crippen LogP contribution in [0.15, 0.2) is 12.3 Å². The van der Waals surface area contributed by atoms with E-state index in [-0.39, 0.29) is 0 Å². The quantitative estimate of drug-likeness (QED) is 0.695. The molecule has 0 saturated heterocycles. The summed E-state index contributed by atoms with van der Waals surface area (Å²) in [4.78, 5) is 4.00. The molecule has 2 rings (SSSR count).